The third-order valence-corrected chi connectivity index (χ3v) is 16.5. The Morgan fingerprint density at radius 1 is 0.932 bits per heavy atom. The van der Waals surface area contributed by atoms with E-state index in [1.807, 2.05) is 12.1 Å². The summed E-state index contributed by atoms with van der Waals surface area (Å²) >= 11 is 0. The number of aromatic carboxylic acids is 1. The Kier molecular flexibility index (Phi) is 8.02. The van der Waals surface area contributed by atoms with E-state index in [0.29, 0.717) is 39.2 Å². The molecular formula is C38H56N2O3S. The van der Waals surface area contributed by atoms with Crippen LogP contribution in [0.2, 0.25) is 0 Å². The van der Waals surface area contributed by atoms with Gasteiger partial charge in [-0.25, -0.2) is 4.79 Å². The Bertz CT molecular complexity index is 1320. The zero-order chi connectivity index (χ0) is 30.9. The van der Waals surface area contributed by atoms with Gasteiger partial charge in [0.1, 0.15) is 0 Å². The van der Waals surface area contributed by atoms with E-state index in [0.717, 1.165) is 61.9 Å². The number of allylic oxidation sites excluding steroid dienone is 2. The molecular weight excluding hydrogens is 564 g/mol. The number of carboxylic acids is 1. The van der Waals surface area contributed by atoms with Crippen LogP contribution >= 0.6 is 0 Å². The van der Waals surface area contributed by atoms with Crippen molar-refractivity contribution in [2.75, 3.05) is 37.7 Å². The van der Waals surface area contributed by atoms with Crippen molar-refractivity contribution in [3.8, 4) is 0 Å². The highest BCUT2D eigenvalue weighted by Gasteiger charge is 2.68. The molecule has 242 valence electrons. The summed E-state index contributed by atoms with van der Waals surface area (Å²) in [6.45, 7) is 14.8. The number of hydrogen-bond acceptors (Lipinski definition) is 4. The van der Waals surface area contributed by atoms with Crippen molar-refractivity contribution < 1.29 is 14.1 Å². The number of nitrogens with one attached hydrogen (secondary N) is 1. The lowest BCUT2D eigenvalue weighted by molar-refractivity contribution is -0.211. The molecule has 1 aliphatic heterocycles. The zero-order valence-corrected chi connectivity index (χ0v) is 28.5. The normalized spacial score (nSPS) is 44.2. The maximum absolute atomic E-state index is 11.8. The Hall–Kier alpha value is -1.50. The summed E-state index contributed by atoms with van der Waals surface area (Å²) in [4.78, 5) is 14.0. The van der Waals surface area contributed by atoms with Crippen LogP contribution in [-0.4, -0.2) is 63.4 Å². The number of rotatable bonds is 6. The predicted octanol–water partition coefficient (Wildman–Crippen LogP) is 7.25. The van der Waals surface area contributed by atoms with Crippen LogP contribution in [0.3, 0.4) is 0 Å². The molecule has 9 atom stereocenters. The Morgan fingerprint density at radius 2 is 1.68 bits per heavy atom. The fraction of sp³-hybridized carbons (Fsp3) is 0.763. The first-order chi connectivity index (χ1) is 21.0. The molecule has 4 saturated carbocycles. The van der Waals surface area contributed by atoms with Crippen molar-refractivity contribution in [2.24, 2.45) is 45.8 Å². The first-order valence-electron chi connectivity index (χ1n) is 17.9. The molecule has 5 aliphatic carbocycles. The van der Waals surface area contributed by atoms with E-state index < -0.39 is 16.8 Å². The third kappa shape index (κ3) is 4.74. The summed E-state index contributed by atoms with van der Waals surface area (Å²) in [5, 5.41) is 13.6. The minimum atomic E-state index is -0.851. The van der Waals surface area contributed by atoms with E-state index in [4.69, 9.17) is 0 Å². The monoisotopic (exact) mass is 620 g/mol. The molecule has 0 radical (unpaired) electrons. The van der Waals surface area contributed by atoms with Crippen LogP contribution in [0.25, 0.3) is 5.57 Å². The van der Waals surface area contributed by atoms with E-state index in [9.17, 15) is 14.1 Å². The zero-order valence-electron chi connectivity index (χ0n) is 27.7. The van der Waals surface area contributed by atoms with Gasteiger partial charge < -0.3 is 15.3 Å². The summed E-state index contributed by atoms with van der Waals surface area (Å²) in [6, 6.07) is 7.62. The van der Waals surface area contributed by atoms with Crippen LogP contribution < -0.4 is 5.32 Å². The van der Waals surface area contributed by atoms with Crippen LogP contribution in [0.4, 0.5) is 0 Å². The second-order valence-corrected chi connectivity index (χ2v) is 18.2. The molecule has 1 aromatic carbocycles. The highest BCUT2D eigenvalue weighted by Crippen LogP contribution is 2.75. The van der Waals surface area contributed by atoms with Gasteiger partial charge in [0.15, 0.2) is 0 Å². The molecule has 1 saturated heterocycles. The minimum Gasteiger partial charge on any atom is -0.478 e. The highest BCUT2D eigenvalue weighted by atomic mass is 32.2. The number of hydrogen-bond donors (Lipinski definition) is 2. The standard InChI is InChI=1S/C38H56N2O3S/c1-26-29(27-7-9-28(10-8-27)34(41)42)13-16-35(2)30(26)14-17-37(4)33(35)12-11-31-32-6-5-15-38(32,19-18-36(31,37)3)39-20-21-40-22-24-44(43)25-23-40/h7-10,13,26,30-33,39H,5-6,11-12,14-25H2,1-4H3,(H,41,42)/t26?,30?,31?,32-,33?,35?,36-,37?,38?/m1/s1. The van der Waals surface area contributed by atoms with Gasteiger partial charge in [0.2, 0.25) is 0 Å². The lowest BCUT2D eigenvalue weighted by atomic mass is 9.34. The van der Waals surface area contributed by atoms with Crippen LogP contribution in [0.1, 0.15) is 108 Å². The van der Waals surface area contributed by atoms with Gasteiger partial charge >= 0.3 is 5.97 Å². The Balaban J connectivity index is 1.09. The number of fused-ring (bicyclic) bond motifs is 7. The van der Waals surface area contributed by atoms with E-state index in [-0.39, 0.29) is 0 Å². The molecule has 0 amide bonds. The van der Waals surface area contributed by atoms with E-state index in [1.54, 1.807) is 12.1 Å². The van der Waals surface area contributed by atoms with E-state index in [1.165, 1.54) is 68.9 Å². The molecule has 6 aliphatic rings. The van der Waals surface area contributed by atoms with Crippen LogP contribution in [0.15, 0.2) is 30.3 Å². The summed E-state index contributed by atoms with van der Waals surface area (Å²) in [7, 11) is -0.597. The van der Waals surface area contributed by atoms with Crippen LogP contribution in [-0.2, 0) is 10.8 Å². The largest absolute Gasteiger partial charge is 0.478 e. The third-order valence-electron chi connectivity index (χ3n) is 15.2. The number of benzene rings is 1. The molecule has 0 spiro atoms. The van der Waals surface area contributed by atoms with Crippen molar-refractivity contribution in [1.82, 2.24) is 10.2 Å². The van der Waals surface area contributed by atoms with Gasteiger partial charge in [0.05, 0.1) is 5.56 Å². The van der Waals surface area contributed by atoms with Crippen molar-refractivity contribution in [3.05, 3.63) is 41.5 Å². The smallest absolute Gasteiger partial charge is 0.335 e. The van der Waals surface area contributed by atoms with E-state index in [2.05, 4.69) is 44.0 Å². The second-order valence-electron chi connectivity index (χ2n) is 16.5. The second kappa shape index (κ2) is 11.3. The first-order valence-corrected chi connectivity index (χ1v) is 19.4. The average molecular weight is 621 g/mol. The van der Waals surface area contributed by atoms with E-state index >= 15 is 0 Å². The lowest BCUT2D eigenvalue weighted by Crippen LogP contribution is -2.67. The number of carbonyl (C=O) groups is 1. The quantitative estimate of drug-likeness (QED) is 0.351. The molecule has 7 unspecified atom stereocenters. The summed E-state index contributed by atoms with van der Waals surface area (Å²) in [5.41, 5.74) is 4.46. The molecule has 0 aromatic heterocycles. The van der Waals surface area contributed by atoms with Crippen molar-refractivity contribution in [3.63, 3.8) is 0 Å². The first kappa shape index (κ1) is 31.1. The molecule has 5 fully saturated rings. The van der Waals surface area contributed by atoms with Gasteiger partial charge in [-0.1, -0.05) is 52.3 Å². The lowest BCUT2D eigenvalue weighted by Gasteiger charge is -2.71. The van der Waals surface area contributed by atoms with Crippen molar-refractivity contribution in [2.45, 2.75) is 97.4 Å². The van der Waals surface area contributed by atoms with Gasteiger partial charge in [-0.3, -0.25) is 4.21 Å². The molecule has 2 N–H and O–H groups in total. The molecule has 6 heteroatoms. The van der Waals surface area contributed by atoms with Crippen molar-refractivity contribution >= 4 is 22.3 Å². The maximum atomic E-state index is 11.8. The molecule has 1 aromatic rings. The Morgan fingerprint density at radius 3 is 2.41 bits per heavy atom. The van der Waals surface area contributed by atoms with Crippen LogP contribution in [0, 0.1) is 45.8 Å². The maximum Gasteiger partial charge on any atom is 0.335 e. The minimum absolute atomic E-state index is 0.325. The van der Waals surface area contributed by atoms with Crippen molar-refractivity contribution in [1.29, 1.82) is 0 Å². The van der Waals surface area contributed by atoms with Gasteiger partial charge in [-0.2, -0.15) is 0 Å². The fourth-order valence-electron chi connectivity index (χ4n) is 12.7. The summed E-state index contributed by atoms with van der Waals surface area (Å²) in [5.74, 6) is 4.42. The fourth-order valence-corrected chi connectivity index (χ4v) is 13.8. The topological polar surface area (TPSA) is 69.6 Å². The average Bonchev–Trinajstić information content (AvgIpc) is 3.43. The number of nitrogens with zero attached hydrogens (tertiary/aromatic N) is 1. The SMILES string of the molecule is CC1C(c2ccc(C(=O)O)cc2)=CCC2(C)C1CCC1(C)C2CCC2[C@H]3CCCC3(NCCN3CCS(=O)CC3)CC[C@]21C. The van der Waals surface area contributed by atoms with Gasteiger partial charge in [-0.15, -0.1) is 0 Å². The van der Waals surface area contributed by atoms with Gasteiger partial charge in [-0.05, 0) is 127 Å². The molecule has 44 heavy (non-hydrogen) atoms. The molecule has 0 bridgehead atoms. The van der Waals surface area contributed by atoms with Crippen LogP contribution in [0.5, 0.6) is 0 Å². The van der Waals surface area contributed by atoms with Gasteiger partial charge in [0, 0.05) is 54.0 Å². The number of carboxylic acid groups (broad SMARTS) is 1. The van der Waals surface area contributed by atoms with Gasteiger partial charge in [0.25, 0.3) is 0 Å². The Labute approximate surface area is 268 Å². The summed E-state index contributed by atoms with van der Waals surface area (Å²) < 4.78 is 11.8. The predicted molar refractivity (Wildman–Crippen MR) is 180 cm³/mol. The summed E-state index contributed by atoms with van der Waals surface area (Å²) in [6.07, 6.45) is 16.0. The molecule has 7 rings (SSSR count). The molecule has 5 nitrogen and oxygen atoms in total. The highest BCUT2D eigenvalue weighted by molar-refractivity contribution is 7.85. The molecule has 1 heterocycles.